The van der Waals surface area contributed by atoms with Gasteiger partial charge in [-0.15, -0.1) is 0 Å². The summed E-state index contributed by atoms with van der Waals surface area (Å²) < 4.78 is 11.0. The smallest absolute Gasteiger partial charge is 0.319 e. The lowest BCUT2D eigenvalue weighted by Crippen LogP contribution is -3.40. The van der Waals surface area contributed by atoms with Crippen molar-refractivity contribution in [2.75, 3.05) is 13.1 Å². The summed E-state index contributed by atoms with van der Waals surface area (Å²) in [7, 11) is 0. The number of quaternary nitrogens is 2. The quantitative estimate of drug-likeness (QED) is 0.438. The molecule has 0 aromatic heterocycles. The van der Waals surface area contributed by atoms with E-state index in [1.165, 1.54) is 0 Å². The normalized spacial score (nSPS) is 51.5. The Morgan fingerprint density at radius 1 is 0.941 bits per heavy atom. The van der Waals surface area contributed by atoms with Crippen molar-refractivity contribution in [3.63, 3.8) is 0 Å². The van der Waals surface area contributed by atoms with E-state index in [9.17, 15) is 9.59 Å². The number of ether oxygens (including phenoxy) is 2. The number of rotatable bonds is 0. The predicted molar refractivity (Wildman–Crippen MR) is 52.6 cm³/mol. The van der Waals surface area contributed by atoms with Crippen LogP contribution in [0.5, 0.6) is 0 Å². The van der Waals surface area contributed by atoms with Crippen molar-refractivity contribution in [3.8, 4) is 0 Å². The van der Waals surface area contributed by atoms with Crippen molar-refractivity contribution in [3.05, 3.63) is 0 Å². The molecule has 0 amide bonds. The number of fused-ring (bicyclic) bond motifs is 4. The van der Waals surface area contributed by atoms with Gasteiger partial charge in [0.15, 0.2) is 12.1 Å². The van der Waals surface area contributed by atoms with Gasteiger partial charge < -0.3 is 9.47 Å². The number of carbonyl (C=O) groups excluding carboxylic acids is 2. The van der Waals surface area contributed by atoms with E-state index in [1.54, 1.807) is 0 Å². The molecule has 4 unspecified atom stereocenters. The van der Waals surface area contributed by atoms with Gasteiger partial charge in [0, 0.05) is 25.7 Å². The molecule has 1 spiro atoms. The average molecular weight is 240 g/mol. The van der Waals surface area contributed by atoms with Crippen molar-refractivity contribution in [1.29, 1.82) is 0 Å². The van der Waals surface area contributed by atoms with Crippen LogP contribution in [-0.4, -0.2) is 43.1 Å². The molecule has 0 saturated carbocycles. The molecule has 17 heavy (non-hydrogen) atoms. The van der Waals surface area contributed by atoms with Gasteiger partial charge in [0.2, 0.25) is 0 Å². The zero-order valence-corrected chi connectivity index (χ0v) is 9.53. The van der Waals surface area contributed by atoms with E-state index in [0.717, 1.165) is 48.6 Å². The second-order valence-electron chi connectivity index (χ2n) is 5.40. The summed E-state index contributed by atoms with van der Waals surface area (Å²) >= 11 is 0. The number of hydrogen-bond donors (Lipinski definition) is 2. The Morgan fingerprint density at radius 3 is 1.88 bits per heavy atom. The molecule has 0 bridgehead atoms. The van der Waals surface area contributed by atoms with Crippen LogP contribution in [0.1, 0.15) is 25.7 Å². The van der Waals surface area contributed by atoms with Crippen molar-refractivity contribution in [2.24, 2.45) is 0 Å². The predicted octanol–water partition coefficient (Wildman–Crippen LogP) is -3.19. The van der Waals surface area contributed by atoms with Gasteiger partial charge in [-0.2, -0.15) is 9.80 Å². The Bertz CT molecular complexity index is 372. The minimum Gasteiger partial charge on any atom is -0.319 e. The molecule has 4 atom stereocenters. The molecule has 0 radical (unpaired) electrons. The third-order valence-corrected chi connectivity index (χ3v) is 4.62. The third kappa shape index (κ3) is 1.03. The van der Waals surface area contributed by atoms with Crippen LogP contribution in [-0.2, 0) is 19.1 Å². The summed E-state index contributed by atoms with van der Waals surface area (Å²) in [6.45, 7) is 1.72. The van der Waals surface area contributed by atoms with Crippen LogP contribution in [0.4, 0.5) is 0 Å². The van der Waals surface area contributed by atoms with Crippen LogP contribution in [0.15, 0.2) is 0 Å². The van der Waals surface area contributed by atoms with Gasteiger partial charge in [0.25, 0.3) is 0 Å². The van der Waals surface area contributed by atoms with Crippen molar-refractivity contribution in [1.82, 2.24) is 0 Å². The molecule has 0 aliphatic carbocycles. The van der Waals surface area contributed by atoms with E-state index in [4.69, 9.17) is 9.47 Å². The Labute approximate surface area is 98.4 Å². The highest BCUT2D eigenvalue weighted by Gasteiger charge is 2.77. The molecule has 0 aromatic carbocycles. The van der Waals surface area contributed by atoms with Gasteiger partial charge in [0.1, 0.15) is 0 Å². The first kappa shape index (κ1) is 9.85. The second kappa shape index (κ2) is 3.00. The first-order valence-corrected chi connectivity index (χ1v) is 6.40. The fourth-order valence-corrected chi connectivity index (χ4v) is 3.91. The summed E-state index contributed by atoms with van der Waals surface area (Å²) in [6.07, 6.45) is 3.72. The first-order valence-electron chi connectivity index (χ1n) is 6.40. The Balaban J connectivity index is 1.77. The maximum Gasteiger partial charge on any atom is 0.565 e. The minimum absolute atomic E-state index is 0.116. The molecule has 4 aliphatic heterocycles. The van der Waals surface area contributed by atoms with Crippen LogP contribution in [0.2, 0.25) is 0 Å². The zero-order valence-electron chi connectivity index (χ0n) is 9.53. The maximum absolute atomic E-state index is 11.9. The highest BCUT2D eigenvalue weighted by Crippen LogP contribution is 2.23. The van der Waals surface area contributed by atoms with E-state index in [2.05, 4.69) is 0 Å². The third-order valence-electron chi connectivity index (χ3n) is 4.62. The van der Waals surface area contributed by atoms with E-state index >= 15 is 0 Å². The summed E-state index contributed by atoms with van der Waals surface area (Å²) in [5, 5.41) is 0. The minimum atomic E-state index is -1.03. The molecule has 4 saturated heterocycles. The summed E-state index contributed by atoms with van der Waals surface area (Å²) in [5.41, 5.74) is 0. The fourth-order valence-electron chi connectivity index (χ4n) is 3.91. The number of nitrogens with one attached hydrogen (secondary N) is 2. The summed E-state index contributed by atoms with van der Waals surface area (Å²) in [5.74, 6) is -0.379. The van der Waals surface area contributed by atoms with Crippen molar-refractivity contribution >= 4 is 11.9 Å². The van der Waals surface area contributed by atoms with E-state index in [-0.39, 0.29) is 24.0 Å². The molecule has 4 fully saturated rings. The van der Waals surface area contributed by atoms with E-state index in [1.807, 2.05) is 0 Å². The molecule has 6 nitrogen and oxygen atoms in total. The SMILES string of the molecule is O=C1OC2(OC(=O)C3CCC[NH+]32)[NH+]2CCCC12. The van der Waals surface area contributed by atoms with Crippen LogP contribution >= 0.6 is 0 Å². The standard InChI is InChI=1S/C11H14N2O4/c14-9-7-3-1-5-12(7)11(16-9)13-6-2-4-8(13)10(15)17-11/h7-8H,1-6H2/p+2. The largest absolute Gasteiger partial charge is 0.565 e. The fraction of sp³-hybridized carbons (Fsp3) is 0.818. The number of carbonyl (C=O) groups is 2. The maximum atomic E-state index is 11.9. The van der Waals surface area contributed by atoms with Crippen LogP contribution in [0.25, 0.3) is 0 Å². The van der Waals surface area contributed by atoms with Crippen LogP contribution in [0, 0.1) is 0 Å². The van der Waals surface area contributed by atoms with Crippen LogP contribution < -0.4 is 9.80 Å². The summed E-state index contributed by atoms with van der Waals surface area (Å²) in [6, 6.07) is -1.26. The lowest BCUT2D eigenvalue weighted by Gasteiger charge is -2.26. The lowest BCUT2D eigenvalue weighted by atomic mass is 10.2. The Kier molecular flexibility index (Phi) is 1.74. The van der Waals surface area contributed by atoms with Gasteiger partial charge in [-0.05, 0) is 0 Å². The average Bonchev–Trinajstić information content (AvgIpc) is 2.99. The van der Waals surface area contributed by atoms with Crippen molar-refractivity contribution in [2.45, 2.75) is 43.8 Å². The highest BCUT2D eigenvalue weighted by molar-refractivity contribution is 5.79. The molecule has 4 heterocycles. The molecule has 2 N–H and O–H groups in total. The number of esters is 2. The van der Waals surface area contributed by atoms with Gasteiger partial charge in [0.05, 0.1) is 13.1 Å². The molecule has 4 rings (SSSR count). The molecule has 6 heteroatoms. The number of hydrogen-bond acceptors (Lipinski definition) is 4. The van der Waals surface area contributed by atoms with Crippen LogP contribution in [0.3, 0.4) is 0 Å². The van der Waals surface area contributed by atoms with Crippen molar-refractivity contribution < 1.29 is 28.9 Å². The molecular weight excluding hydrogens is 224 g/mol. The summed E-state index contributed by atoms with van der Waals surface area (Å²) in [4.78, 5) is 25.8. The molecule has 4 aliphatic rings. The first-order chi connectivity index (χ1) is 8.22. The lowest BCUT2D eigenvalue weighted by molar-refractivity contribution is -1.19. The van der Waals surface area contributed by atoms with Gasteiger partial charge in [-0.25, -0.2) is 9.59 Å². The Hall–Kier alpha value is -1.14. The molecule has 0 aromatic rings. The van der Waals surface area contributed by atoms with Gasteiger partial charge >= 0.3 is 18.0 Å². The van der Waals surface area contributed by atoms with Gasteiger partial charge in [-0.1, -0.05) is 0 Å². The molecular formula is C11H16N2O4+2. The Morgan fingerprint density at radius 2 is 1.41 bits per heavy atom. The topological polar surface area (TPSA) is 61.5 Å². The van der Waals surface area contributed by atoms with Gasteiger partial charge in [-0.3, -0.25) is 0 Å². The monoisotopic (exact) mass is 240 g/mol. The molecule has 92 valence electrons. The van der Waals surface area contributed by atoms with E-state index < -0.39 is 6.03 Å². The van der Waals surface area contributed by atoms with E-state index in [0.29, 0.717) is 0 Å². The second-order valence-corrected chi connectivity index (χ2v) is 5.40. The zero-order chi connectivity index (χ0) is 11.6. The highest BCUT2D eigenvalue weighted by atomic mass is 16.8.